The van der Waals surface area contributed by atoms with E-state index in [9.17, 15) is 4.39 Å². The summed E-state index contributed by atoms with van der Waals surface area (Å²) in [6.07, 6.45) is 3.29. The van der Waals surface area contributed by atoms with E-state index in [0.717, 1.165) is 5.52 Å². The number of aromatic nitrogens is 3. The Morgan fingerprint density at radius 2 is 1.95 bits per heavy atom. The van der Waals surface area contributed by atoms with Crippen LogP contribution in [0.3, 0.4) is 0 Å². The van der Waals surface area contributed by atoms with Crippen LogP contribution in [0.15, 0.2) is 65.4 Å². The molecule has 0 saturated heterocycles. The van der Waals surface area contributed by atoms with Gasteiger partial charge in [0.25, 0.3) is 0 Å². The van der Waals surface area contributed by atoms with Gasteiger partial charge in [-0.25, -0.2) is 14.4 Å². The predicted octanol–water partition coefficient (Wildman–Crippen LogP) is 3.88. The lowest BCUT2D eigenvalue weighted by molar-refractivity contribution is 0.568. The summed E-state index contributed by atoms with van der Waals surface area (Å²) >= 11 is 0. The van der Waals surface area contributed by atoms with Crippen molar-refractivity contribution in [1.29, 1.82) is 0 Å². The third kappa shape index (κ3) is 2.07. The Kier molecular flexibility index (Phi) is 2.96. The molecule has 0 unspecified atom stereocenters. The van der Waals surface area contributed by atoms with Gasteiger partial charge in [-0.1, -0.05) is 18.2 Å². The van der Waals surface area contributed by atoms with Crippen molar-refractivity contribution in [3.63, 3.8) is 0 Å². The minimum Gasteiger partial charge on any atom is -0.461 e. The van der Waals surface area contributed by atoms with Crippen molar-refractivity contribution in [2.24, 2.45) is 0 Å². The monoisotopic (exact) mass is 293 g/mol. The van der Waals surface area contributed by atoms with E-state index in [1.54, 1.807) is 30.7 Å². The highest BCUT2D eigenvalue weighted by Gasteiger charge is 2.16. The predicted molar refractivity (Wildman–Crippen MR) is 80.7 cm³/mol. The van der Waals surface area contributed by atoms with Gasteiger partial charge in [0.2, 0.25) is 0 Å². The zero-order valence-electron chi connectivity index (χ0n) is 11.6. The van der Waals surface area contributed by atoms with Crippen LogP contribution in [-0.2, 0) is 6.54 Å². The van der Waals surface area contributed by atoms with E-state index in [1.807, 2.05) is 28.8 Å². The fourth-order valence-corrected chi connectivity index (χ4v) is 2.50. The average molecular weight is 293 g/mol. The molecule has 4 aromatic rings. The van der Waals surface area contributed by atoms with Crippen LogP contribution in [0.4, 0.5) is 4.39 Å². The summed E-state index contributed by atoms with van der Waals surface area (Å²) in [4.78, 5) is 8.94. The molecule has 4 rings (SSSR count). The smallest absolute Gasteiger partial charge is 0.178 e. The molecule has 0 radical (unpaired) electrons. The average Bonchev–Trinajstić information content (AvgIpc) is 3.17. The van der Waals surface area contributed by atoms with Gasteiger partial charge in [0.1, 0.15) is 11.3 Å². The number of fused-ring (bicyclic) bond motifs is 1. The summed E-state index contributed by atoms with van der Waals surface area (Å²) in [7, 11) is 0. The molecule has 3 heterocycles. The highest BCUT2D eigenvalue weighted by atomic mass is 19.1. The first-order valence-electron chi connectivity index (χ1n) is 6.91. The molecule has 0 aliphatic carbocycles. The van der Waals surface area contributed by atoms with Crippen LogP contribution in [-0.4, -0.2) is 14.5 Å². The Balaban J connectivity index is 1.91. The Morgan fingerprint density at radius 3 is 2.77 bits per heavy atom. The number of imidazole rings is 1. The van der Waals surface area contributed by atoms with E-state index in [-0.39, 0.29) is 5.82 Å². The third-order valence-electron chi connectivity index (χ3n) is 3.53. The first-order valence-corrected chi connectivity index (χ1v) is 6.91. The molecule has 0 aliphatic rings. The van der Waals surface area contributed by atoms with Crippen LogP contribution in [0.5, 0.6) is 0 Å². The van der Waals surface area contributed by atoms with Crippen LogP contribution in [0, 0.1) is 5.82 Å². The molecule has 0 fully saturated rings. The fraction of sp³-hybridized carbons (Fsp3) is 0.0588. The van der Waals surface area contributed by atoms with Crippen LogP contribution in [0.25, 0.3) is 22.7 Å². The van der Waals surface area contributed by atoms with Crippen LogP contribution in [0.1, 0.15) is 5.56 Å². The second kappa shape index (κ2) is 5.11. The van der Waals surface area contributed by atoms with E-state index in [1.165, 1.54) is 6.07 Å². The summed E-state index contributed by atoms with van der Waals surface area (Å²) in [5, 5.41) is 0. The Labute approximate surface area is 125 Å². The first-order chi connectivity index (χ1) is 10.8. The van der Waals surface area contributed by atoms with Gasteiger partial charge in [-0.05, 0) is 30.3 Å². The van der Waals surface area contributed by atoms with Gasteiger partial charge in [-0.15, -0.1) is 0 Å². The zero-order chi connectivity index (χ0) is 14.9. The minimum atomic E-state index is -0.245. The molecule has 108 valence electrons. The molecule has 0 bridgehead atoms. The molecule has 22 heavy (non-hydrogen) atoms. The lowest BCUT2D eigenvalue weighted by atomic mass is 10.2. The van der Waals surface area contributed by atoms with E-state index in [4.69, 9.17) is 4.42 Å². The van der Waals surface area contributed by atoms with Gasteiger partial charge >= 0.3 is 0 Å². The van der Waals surface area contributed by atoms with Crippen molar-refractivity contribution in [2.45, 2.75) is 6.54 Å². The molecular formula is C17H12FN3O. The van der Waals surface area contributed by atoms with Gasteiger partial charge in [0.05, 0.1) is 12.8 Å². The molecule has 0 spiro atoms. The maximum absolute atomic E-state index is 14.0. The quantitative estimate of drug-likeness (QED) is 0.576. The highest BCUT2D eigenvalue weighted by Crippen LogP contribution is 2.25. The number of pyridine rings is 1. The van der Waals surface area contributed by atoms with Gasteiger partial charge in [0.15, 0.2) is 17.2 Å². The Bertz CT molecular complexity index is 928. The number of rotatable bonds is 3. The van der Waals surface area contributed by atoms with Gasteiger partial charge in [-0.3, -0.25) is 0 Å². The SMILES string of the molecule is Fc1ccccc1Cn1c(-c2ccco2)nc2cccnc21. The summed E-state index contributed by atoms with van der Waals surface area (Å²) < 4.78 is 21.3. The lowest BCUT2D eigenvalue weighted by Crippen LogP contribution is -2.04. The Morgan fingerprint density at radius 1 is 1.05 bits per heavy atom. The van der Waals surface area contributed by atoms with Gasteiger partial charge in [0, 0.05) is 11.8 Å². The van der Waals surface area contributed by atoms with Crippen LogP contribution >= 0.6 is 0 Å². The van der Waals surface area contributed by atoms with Crippen molar-refractivity contribution < 1.29 is 8.81 Å². The van der Waals surface area contributed by atoms with Gasteiger partial charge < -0.3 is 8.98 Å². The molecule has 0 aliphatic heterocycles. The van der Waals surface area contributed by atoms with Crippen molar-refractivity contribution in [3.8, 4) is 11.6 Å². The van der Waals surface area contributed by atoms with E-state index in [0.29, 0.717) is 29.3 Å². The van der Waals surface area contributed by atoms with Gasteiger partial charge in [-0.2, -0.15) is 0 Å². The number of hydrogen-bond acceptors (Lipinski definition) is 3. The molecule has 4 nitrogen and oxygen atoms in total. The topological polar surface area (TPSA) is 43.9 Å². The van der Waals surface area contributed by atoms with Crippen molar-refractivity contribution >= 4 is 11.2 Å². The maximum atomic E-state index is 14.0. The highest BCUT2D eigenvalue weighted by molar-refractivity contribution is 5.76. The second-order valence-electron chi connectivity index (χ2n) is 4.94. The number of furan rings is 1. The third-order valence-corrected chi connectivity index (χ3v) is 3.53. The molecule has 0 saturated carbocycles. The Hall–Kier alpha value is -2.95. The number of benzene rings is 1. The van der Waals surface area contributed by atoms with Crippen LogP contribution in [0.2, 0.25) is 0 Å². The number of hydrogen-bond donors (Lipinski definition) is 0. The molecular weight excluding hydrogens is 281 g/mol. The molecule has 1 aromatic carbocycles. The number of halogens is 1. The van der Waals surface area contributed by atoms with E-state index < -0.39 is 0 Å². The molecule has 3 aromatic heterocycles. The summed E-state index contributed by atoms with van der Waals surface area (Å²) in [5.41, 5.74) is 2.04. The van der Waals surface area contributed by atoms with Crippen LogP contribution < -0.4 is 0 Å². The molecule has 0 N–H and O–H groups in total. The second-order valence-corrected chi connectivity index (χ2v) is 4.94. The zero-order valence-corrected chi connectivity index (χ0v) is 11.6. The standard InChI is InChI=1S/C17H12FN3O/c18-13-6-2-1-5-12(13)11-21-16-14(7-3-9-19-16)20-17(21)15-8-4-10-22-15/h1-10H,11H2. The number of nitrogens with zero attached hydrogens (tertiary/aromatic N) is 3. The van der Waals surface area contributed by atoms with Crippen molar-refractivity contribution in [2.75, 3.05) is 0 Å². The lowest BCUT2D eigenvalue weighted by Gasteiger charge is -2.08. The molecule has 5 heteroatoms. The largest absolute Gasteiger partial charge is 0.461 e. The van der Waals surface area contributed by atoms with E-state index >= 15 is 0 Å². The summed E-state index contributed by atoms with van der Waals surface area (Å²) in [6, 6.07) is 14.1. The van der Waals surface area contributed by atoms with E-state index in [2.05, 4.69) is 9.97 Å². The first kappa shape index (κ1) is 12.8. The summed E-state index contributed by atoms with van der Waals surface area (Å²) in [5.74, 6) is 1.03. The minimum absolute atomic E-state index is 0.245. The summed E-state index contributed by atoms with van der Waals surface area (Å²) in [6.45, 7) is 0.343. The molecule has 0 atom stereocenters. The van der Waals surface area contributed by atoms with Crippen molar-refractivity contribution in [3.05, 3.63) is 72.4 Å². The normalized spacial score (nSPS) is 11.1. The molecule has 0 amide bonds. The fourth-order valence-electron chi connectivity index (χ4n) is 2.50. The van der Waals surface area contributed by atoms with Crippen molar-refractivity contribution in [1.82, 2.24) is 14.5 Å². The maximum Gasteiger partial charge on any atom is 0.178 e.